The molecular weight excluding hydrogens is 368 g/mol. The summed E-state index contributed by atoms with van der Waals surface area (Å²) in [6, 6.07) is 18.2. The Labute approximate surface area is 167 Å². The summed E-state index contributed by atoms with van der Waals surface area (Å²) in [5, 5.41) is 2.36. The van der Waals surface area contributed by atoms with Crippen LogP contribution in [0.4, 0.5) is 0 Å². The van der Waals surface area contributed by atoms with E-state index in [2.05, 4.69) is 33.8 Å². The van der Waals surface area contributed by atoms with Crippen LogP contribution in [0.15, 0.2) is 59.6 Å². The molecule has 0 atom stereocenters. The molecule has 0 radical (unpaired) electrons. The van der Waals surface area contributed by atoms with Crippen LogP contribution in [-0.2, 0) is 11.3 Å². The van der Waals surface area contributed by atoms with Crippen LogP contribution in [0.25, 0.3) is 21.0 Å². The summed E-state index contributed by atoms with van der Waals surface area (Å²) in [5.74, 6) is -0.217. The first-order chi connectivity index (χ1) is 13.6. The number of hydrogen-bond acceptors (Lipinski definition) is 3. The monoisotopic (exact) mass is 390 g/mol. The lowest BCUT2D eigenvalue weighted by Gasteiger charge is -2.05. The minimum atomic E-state index is -0.217. The van der Waals surface area contributed by atoms with Crippen molar-refractivity contribution in [3.05, 3.63) is 76.1 Å². The van der Waals surface area contributed by atoms with Gasteiger partial charge in [0.25, 0.3) is 5.91 Å². The van der Waals surface area contributed by atoms with Crippen LogP contribution < -0.4 is 4.80 Å². The Kier molecular flexibility index (Phi) is 5.11. The fraction of sp³-hybridized carbons (Fsp3) is 0.217. The smallest absolute Gasteiger partial charge is 0.279 e. The lowest BCUT2D eigenvalue weighted by molar-refractivity contribution is 0.0997. The van der Waals surface area contributed by atoms with Gasteiger partial charge in [-0.2, -0.15) is 4.99 Å². The van der Waals surface area contributed by atoms with E-state index in [1.54, 1.807) is 18.4 Å². The molecule has 142 valence electrons. The quantitative estimate of drug-likeness (QED) is 0.499. The standard InChI is InChI=1S/C23H22N2O2S/c1-15-8-9-18(14-16(15)2)22(26)24-23-25(12-13-27-3)20-11-10-17-6-4-5-7-19(17)21(20)28-23/h4-11,14H,12-13H2,1-3H3. The number of fused-ring (bicyclic) bond motifs is 3. The summed E-state index contributed by atoms with van der Waals surface area (Å²) in [7, 11) is 1.68. The highest BCUT2D eigenvalue weighted by molar-refractivity contribution is 7.17. The van der Waals surface area contributed by atoms with Crippen molar-refractivity contribution in [1.82, 2.24) is 4.57 Å². The number of thiazole rings is 1. The summed E-state index contributed by atoms with van der Waals surface area (Å²) >= 11 is 1.55. The first kappa shape index (κ1) is 18.6. The Hall–Kier alpha value is -2.76. The van der Waals surface area contributed by atoms with E-state index in [9.17, 15) is 4.79 Å². The number of rotatable bonds is 4. The second-order valence-corrected chi connectivity index (χ2v) is 7.86. The van der Waals surface area contributed by atoms with Crippen LogP contribution in [0.2, 0.25) is 0 Å². The number of ether oxygens (including phenoxy) is 1. The van der Waals surface area contributed by atoms with Crippen molar-refractivity contribution in [3.63, 3.8) is 0 Å². The Bertz CT molecular complexity index is 1250. The molecule has 0 unspecified atom stereocenters. The zero-order chi connectivity index (χ0) is 19.7. The van der Waals surface area contributed by atoms with Crippen LogP contribution >= 0.6 is 11.3 Å². The normalized spacial score (nSPS) is 12.2. The Morgan fingerprint density at radius 1 is 1.07 bits per heavy atom. The molecule has 0 N–H and O–H groups in total. The van der Waals surface area contributed by atoms with Crippen molar-refractivity contribution in [2.45, 2.75) is 20.4 Å². The fourth-order valence-corrected chi connectivity index (χ4v) is 4.50. The second-order valence-electron chi connectivity index (χ2n) is 6.88. The third-order valence-electron chi connectivity index (χ3n) is 5.04. The first-order valence-electron chi connectivity index (χ1n) is 9.25. The van der Waals surface area contributed by atoms with Crippen molar-refractivity contribution >= 4 is 38.2 Å². The molecule has 1 aromatic heterocycles. The van der Waals surface area contributed by atoms with Gasteiger partial charge >= 0.3 is 0 Å². The third kappa shape index (κ3) is 3.39. The highest BCUT2D eigenvalue weighted by Crippen LogP contribution is 2.27. The Morgan fingerprint density at radius 2 is 1.89 bits per heavy atom. The minimum Gasteiger partial charge on any atom is -0.383 e. The summed E-state index contributed by atoms with van der Waals surface area (Å²) in [4.78, 5) is 18.0. The number of aryl methyl sites for hydroxylation is 2. The van der Waals surface area contributed by atoms with Gasteiger partial charge < -0.3 is 9.30 Å². The maximum Gasteiger partial charge on any atom is 0.279 e. The van der Waals surface area contributed by atoms with Crippen LogP contribution in [0, 0.1) is 13.8 Å². The lowest BCUT2D eigenvalue weighted by atomic mass is 10.1. The second kappa shape index (κ2) is 7.70. The molecule has 0 aliphatic heterocycles. The van der Waals surface area contributed by atoms with E-state index in [1.807, 2.05) is 44.2 Å². The molecule has 0 saturated carbocycles. The zero-order valence-corrected chi connectivity index (χ0v) is 17.0. The molecule has 0 bridgehead atoms. The van der Waals surface area contributed by atoms with Gasteiger partial charge in [-0.15, -0.1) is 0 Å². The third-order valence-corrected chi connectivity index (χ3v) is 6.17. The molecule has 3 aromatic carbocycles. The molecule has 28 heavy (non-hydrogen) atoms. The van der Waals surface area contributed by atoms with E-state index in [1.165, 1.54) is 16.3 Å². The van der Waals surface area contributed by atoms with E-state index < -0.39 is 0 Å². The van der Waals surface area contributed by atoms with Crippen molar-refractivity contribution < 1.29 is 9.53 Å². The van der Waals surface area contributed by atoms with Gasteiger partial charge in [0, 0.05) is 24.6 Å². The number of nitrogens with zero attached hydrogens (tertiary/aromatic N) is 2. The number of hydrogen-bond donors (Lipinski definition) is 0. The van der Waals surface area contributed by atoms with Gasteiger partial charge in [-0.25, -0.2) is 0 Å². The predicted octanol–water partition coefficient (Wildman–Crippen LogP) is 4.86. The van der Waals surface area contributed by atoms with Gasteiger partial charge in [0.05, 0.1) is 16.8 Å². The molecule has 5 heteroatoms. The maximum atomic E-state index is 12.8. The van der Waals surface area contributed by atoms with Crippen LogP contribution in [0.5, 0.6) is 0 Å². The Morgan fingerprint density at radius 3 is 2.68 bits per heavy atom. The Balaban J connectivity index is 1.91. The van der Waals surface area contributed by atoms with Gasteiger partial charge in [0.1, 0.15) is 0 Å². The van der Waals surface area contributed by atoms with Gasteiger partial charge in [-0.3, -0.25) is 4.79 Å². The number of benzene rings is 3. The molecule has 4 aromatic rings. The summed E-state index contributed by atoms with van der Waals surface area (Å²) in [6.45, 7) is 5.25. The van der Waals surface area contributed by atoms with Crippen molar-refractivity contribution in [2.75, 3.05) is 13.7 Å². The molecule has 0 saturated heterocycles. The number of carbonyl (C=O) groups excluding carboxylic acids is 1. The lowest BCUT2D eigenvalue weighted by Crippen LogP contribution is -2.19. The molecule has 1 heterocycles. The van der Waals surface area contributed by atoms with Crippen molar-refractivity contribution in [1.29, 1.82) is 0 Å². The molecule has 1 amide bonds. The number of aromatic nitrogens is 1. The first-order valence-corrected chi connectivity index (χ1v) is 10.1. The highest BCUT2D eigenvalue weighted by Gasteiger charge is 2.12. The van der Waals surface area contributed by atoms with Gasteiger partial charge in [0.15, 0.2) is 4.80 Å². The molecule has 4 nitrogen and oxygen atoms in total. The van der Waals surface area contributed by atoms with Crippen LogP contribution in [-0.4, -0.2) is 24.2 Å². The van der Waals surface area contributed by atoms with E-state index in [4.69, 9.17) is 4.74 Å². The molecule has 4 rings (SSSR count). The zero-order valence-electron chi connectivity index (χ0n) is 16.2. The number of carbonyl (C=O) groups is 1. The van der Waals surface area contributed by atoms with Crippen LogP contribution in [0.3, 0.4) is 0 Å². The minimum absolute atomic E-state index is 0.217. The van der Waals surface area contributed by atoms with Crippen LogP contribution in [0.1, 0.15) is 21.5 Å². The SMILES string of the molecule is COCCn1c(=NC(=O)c2ccc(C)c(C)c2)sc2c3ccccc3ccc21. The molecule has 0 aliphatic rings. The maximum absolute atomic E-state index is 12.8. The average Bonchev–Trinajstić information content (AvgIpc) is 3.05. The largest absolute Gasteiger partial charge is 0.383 e. The summed E-state index contributed by atoms with van der Waals surface area (Å²) < 4.78 is 8.50. The highest BCUT2D eigenvalue weighted by atomic mass is 32.1. The van der Waals surface area contributed by atoms with E-state index in [-0.39, 0.29) is 5.91 Å². The predicted molar refractivity (Wildman–Crippen MR) is 115 cm³/mol. The molecule has 0 fully saturated rings. The van der Waals surface area contributed by atoms with Gasteiger partial charge in [0.2, 0.25) is 0 Å². The van der Waals surface area contributed by atoms with Gasteiger partial charge in [-0.1, -0.05) is 47.7 Å². The summed E-state index contributed by atoms with van der Waals surface area (Å²) in [6.07, 6.45) is 0. The fourth-order valence-electron chi connectivity index (χ4n) is 3.31. The molecule has 0 spiro atoms. The van der Waals surface area contributed by atoms with Crippen molar-refractivity contribution in [2.24, 2.45) is 4.99 Å². The number of amides is 1. The van der Waals surface area contributed by atoms with Gasteiger partial charge in [-0.05, 0) is 48.6 Å². The topological polar surface area (TPSA) is 43.6 Å². The molecular formula is C23H22N2O2S. The van der Waals surface area contributed by atoms with E-state index in [0.29, 0.717) is 23.5 Å². The van der Waals surface area contributed by atoms with E-state index >= 15 is 0 Å². The average molecular weight is 391 g/mol. The number of methoxy groups -OCH3 is 1. The molecule has 0 aliphatic carbocycles. The van der Waals surface area contributed by atoms with Crippen molar-refractivity contribution in [3.8, 4) is 0 Å². The summed E-state index contributed by atoms with van der Waals surface area (Å²) in [5.41, 5.74) is 3.95. The van der Waals surface area contributed by atoms with E-state index in [0.717, 1.165) is 15.8 Å².